The normalized spacial score (nSPS) is 13.9. The van der Waals surface area contributed by atoms with E-state index in [1.807, 2.05) is 0 Å². The van der Waals surface area contributed by atoms with Crippen LogP contribution in [0.2, 0.25) is 5.02 Å². The number of sulfone groups is 1. The van der Waals surface area contributed by atoms with Gasteiger partial charge in [0.05, 0.1) is 11.2 Å². The standard InChI is InChI=1S/C8H11ClN2O3S/c1-5(15(3,13)14)8(12)7-6(9)4-10-11(7)2/h4-5H,1-3H3. The lowest BCUT2D eigenvalue weighted by Gasteiger charge is -2.08. The Morgan fingerprint density at radius 2 is 2.13 bits per heavy atom. The molecule has 0 fully saturated rings. The number of rotatable bonds is 3. The number of nitrogens with zero attached hydrogens (tertiary/aromatic N) is 2. The molecule has 0 aromatic carbocycles. The molecule has 1 aromatic heterocycles. The van der Waals surface area contributed by atoms with Crippen LogP contribution in [0, 0.1) is 0 Å². The Labute approximate surface area is 93.0 Å². The van der Waals surface area contributed by atoms with Gasteiger partial charge in [-0.25, -0.2) is 8.42 Å². The Bertz CT molecular complexity index is 472. The first-order chi connectivity index (χ1) is 6.75. The molecule has 1 atom stereocenters. The molecule has 0 N–H and O–H groups in total. The van der Waals surface area contributed by atoms with E-state index in [0.717, 1.165) is 6.26 Å². The predicted molar refractivity (Wildman–Crippen MR) is 56.9 cm³/mol. The number of carbonyl (C=O) groups excluding carboxylic acids is 1. The fraction of sp³-hybridized carbons (Fsp3) is 0.500. The average molecular weight is 251 g/mol. The van der Waals surface area contributed by atoms with Gasteiger partial charge in [0.25, 0.3) is 0 Å². The lowest BCUT2D eigenvalue weighted by atomic mass is 10.2. The number of hydrogen-bond acceptors (Lipinski definition) is 4. The third-order valence-electron chi connectivity index (χ3n) is 2.14. The molecule has 0 saturated carbocycles. The number of Topliss-reactive ketones (excluding diaryl/α,β-unsaturated/α-hetero) is 1. The summed E-state index contributed by atoms with van der Waals surface area (Å²) in [7, 11) is -1.88. The Morgan fingerprint density at radius 1 is 1.60 bits per heavy atom. The van der Waals surface area contributed by atoms with Crippen LogP contribution in [0.1, 0.15) is 17.4 Å². The first-order valence-electron chi connectivity index (χ1n) is 4.15. The fourth-order valence-corrected chi connectivity index (χ4v) is 1.83. The zero-order chi connectivity index (χ0) is 11.8. The van der Waals surface area contributed by atoms with Gasteiger partial charge in [0.15, 0.2) is 15.6 Å². The van der Waals surface area contributed by atoms with Crippen LogP contribution in [0.15, 0.2) is 6.20 Å². The van der Waals surface area contributed by atoms with Gasteiger partial charge in [-0.15, -0.1) is 0 Å². The molecule has 1 unspecified atom stereocenters. The lowest BCUT2D eigenvalue weighted by molar-refractivity contribution is 0.0983. The number of aromatic nitrogens is 2. The van der Waals surface area contributed by atoms with Gasteiger partial charge in [-0.1, -0.05) is 11.6 Å². The molecule has 0 bridgehead atoms. The van der Waals surface area contributed by atoms with E-state index >= 15 is 0 Å². The maximum atomic E-state index is 11.8. The number of carbonyl (C=O) groups is 1. The molecule has 1 heterocycles. The van der Waals surface area contributed by atoms with Crippen molar-refractivity contribution in [2.24, 2.45) is 7.05 Å². The third-order valence-corrected chi connectivity index (χ3v) is 3.91. The topological polar surface area (TPSA) is 69.0 Å². The van der Waals surface area contributed by atoms with Crippen molar-refractivity contribution < 1.29 is 13.2 Å². The molecular formula is C8H11ClN2O3S. The maximum absolute atomic E-state index is 11.8. The summed E-state index contributed by atoms with van der Waals surface area (Å²) in [6.07, 6.45) is 2.32. The summed E-state index contributed by atoms with van der Waals surface area (Å²) in [4.78, 5) is 11.8. The second-order valence-corrected chi connectivity index (χ2v) is 6.07. The van der Waals surface area contributed by atoms with Crippen molar-refractivity contribution in [3.63, 3.8) is 0 Å². The molecule has 0 amide bonds. The van der Waals surface area contributed by atoms with Crippen molar-refractivity contribution in [2.45, 2.75) is 12.2 Å². The minimum atomic E-state index is -3.41. The Hall–Kier alpha value is -0.880. The quantitative estimate of drug-likeness (QED) is 0.740. The molecule has 0 aliphatic heterocycles. The highest BCUT2D eigenvalue weighted by atomic mass is 35.5. The summed E-state index contributed by atoms with van der Waals surface area (Å²) in [5.41, 5.74) is 0.120. The molecule has 0 saturated heterocycles. The molecule has 0 radical (unpaired) electrons. The first kappa shape index (κ1) is 12.2. The first-order valence-corrected chi connectivity index (χ1v) is 6.49. The smallest absolute Gasteiger partial charge is 0.200 e. The van der Waals surface area contributed by atoms with E-state index in [0.29, 0.717) is 0 Å². The van der Waals surface area contributed by atoms with Crippen LogP contribution in [0.25, 0.3) is 0 Å². The summed E-state index contributed by atoms with van der Waals surface area (Å²) in [5.74, 6) is -0.539. The zero-order valence-electron chi connectivity index (χ0n) is 8.56. The van der Waals surface area contributed by atoms with Gasteiger partial charge < -0.3 is 0 Å². The fourth-order valence-electron chi connectivity index (χ4n) is 1.07. The average Bonchev–Trinajstić information content (AvgIpc) is 2.42. The van der Waals surface area contributed by atoms with Gasteiger partial charge in [0.1, 0.15) is 10.9 Å². The van der Waals surface area contributed by atoms with Gasteiger partial charge in [-0.05, 0) is 6.92 Å². The summed E-state index contributed by atoms with van der Waals surface area (Å²) < 4.78 is 23.7. The van der Waals surface area contributed by atoms with Crippen molar-refractivity contribution in [1.82, 2.24) is 9.78 Å². The second-order valence-electron chi connectivity index (χ2n) is 3.30. The number of halogens is 1. The van der Waals surface area contributed by atoms with Crippen molar-refractivity contribution in [2.75, 3.05) is 6.26 Å². The molecule has 84 valence electrons. The summed E-state index contributed by atoms with van der Waals surface area (Å²) >= 11 is 5.74. The zero-order valence-corrected chi connectivity index (χ0v) is 10.1. The lowest BCUT2D eigenvalue weighted by Crippen LogP contribution is -2.28. The van der Waals surface area contributed by atoms with E-state index in [1.54, 1.807) is 0 Å². The van der Waals surface area contributed by atoms with Crippen LogP contribution >= 0.6 is 11.6 Å². The van der Waals surface area contributed by atoms with E-state index in [9.17, 15) is 13.2 Å². The van der Waals surface area contributed by atoms with Crippen LogP contribution in [0.5, 0.6) is 0 Å². The van der Waals surface area contributed by atoms with Gasteiger partial charge in [0.2, 0.25) is 0 Å². The third kappa shape index (κ3) is 2.38. The molecule has 5 nitrogen and oxygen atoms in total. The van der Waals surface area contributed by atoms with E-state index in [-0.39, 0.29) is 10.7 Å². The highest BCUT2D eigenvalue weighted by Crippen LogP contribution is 2.18. The maximum Gasteiger partial charge on any atom is 0.200 e. The molecular weight excluding hydrogens is 240 g/mol. The summed E-state index contributed by atoms with van der Waals surface area (Å²) in [6.45, 7) is 1.33. The van der Waals surface area contributed by atoms with Gasteiger partial charge in [-0.3, -0.25) is 9.48 Å². The molecule has 0 spiro atoms. The Morgan fingerprint density at radius 3 is 2.47 bits per heavy atom. The van der Waals surface area contributed by atoms with Crippen LogP contribution in [0.4, 0.5) is 0 Å². The Kier molecular flexibility index (Phi) is 3.20. The predicted octanol–water partition coefficient (Wildman–Crippen LogP) is 0.689. The largest absolute Gasteiger partial charge is 0.291 e. The van der Waals surface area contributed by atoms with E-state index in [4.69, 9.17) is 11.6 Å². The SMILES string of the molecule is CC(C(=O)c1c(Cl)cnn1C)S(C)(=O)=O. The van der Waals surface area contributed by atoms with Gasteiger partial charge in [0, 0.05) is 13.3 Å². The van der Waals surface area contributed by atoms with Gasteiger partial charge >= 0.3 is 0 Å². The number of aryl methyl sites for hydroxylation is 1. The monoisotopic (exact) mass is 250 g/mol. The minimum absolute atomic E-state index is 0.120. The molecule has 1 aromatic rings. The highest BCUT2D eigenvalue weighted by molar-refractivity contribution is 7.92. The van der Waals surface area contributed by atoms with Crippen molar-refractivity contribution >= 4 is 27.2 Å². The second kappa shape index (κ2) is 3.94. The molecule has 1 rings (SSSR count). The van der Waals surface area contributed by atoms with E-state index in [2.05, 4.69) is 5.10 Å². The van der Waals surface area contributed by atoms with Crippen LogP contribution in [0.3, 0.4) is 0 Å². The van der Waals surface area contributed by atoms with Crippen LogP contribution < -0.4 is 0 Å². The molecule has 0 aliphatic rings. The van der Waals surface area contributed by atoms with Crippen LogP contribution in [-0.4, -0.2) is 35.5 Å². The Balaban J connectivity index is 3.17. The molecule has 0 aliphatic carbocycles. The van der Waals surface area contributed by atoms with Crippen LogP contribution in [-0.2, 0) is 16.9 Å². The summed E-state index contributed by atoms with van der Waals surface area (Å²) in [5, 5.41) is 2.83. The van der Waals surface area contributed by atoms with Crippen molar-refractivity contribution in [1.29, 1.82) is 0 Å². The highest BCUT2D eigenvalue weighted by Gasteiger charge is 2.28. The number of hydrogen-bond donors (Lipinski definition) is 0. The van der Waals surface area contributed by atoms with E-state index in [1.165, 1.54) is 24.9 Å². The summed E-state index contributed by atoms with van der Waals surface area (Å²) in [6, 6.07) is 0. The minimum Gasteiger partial charge on any atom is -0.291 e. The molecule has 7 heteroatoms. The van der Waals surface area contributed by atoms with Gasteiger partial charge in [-0.2, -0.15) is 5.10 Å². The van der Waals surface area contributed by atoms with E-state index < -0.39 is 20.9 Å². The van der Waals surface area contributed by atoms with Crippen molar-refractivity contribution in [3.8, 4) is 0 Å². The van der Waals surface area contributed by atoms with Crippen molar-refractivity contribution in [3.05, 3.63) is 16.9 Å². The molecule has 15 heavy (non-hydrogen) atoms. The number of ketones is 1.